The highest BCUT2D eigenvalue weighted by molar-refractivity contribution is 9.10. The molecule has 0 radical (unpaired) electrons. The molecule has 0 spiro atoms. The van der Waals surface area contributed by atoms with Gasteiger partial charge in [0.1, 0.15) is 5.82 Å². The number of anilines is 1. The van der Waals surface area contributed by atoms with Gasteiger partial charge >= 0.3 is 0 Å². The summed E-state index contributed by atoms with van der Waals surface area (Å²) in [7, 11) is 0. The first-order valence-corrected chi connectivity index (χ1v) is 7.71. The number of halogens is 1. The number of hydrogen-bond acceptors (Lipinski definition) is 3. The molecule has 1 aromatic heterocycles. The van der Waals surface area contributed by atoms with E-state index in [4.69, 9.17) is 0 Å². The molecule has 0 aromatic carbocycles. The highest BCUT2D eigenvalue weighted by Crippen LogP contribution is 2.29. The van der Waals surface area contributed by atoms with Crippen LogP contribution in [-0.4, -0.2) is 30.7 Å². The number of nitrogens with one attached hydrogen (secondary N) is 1. The van der Waals surface area contributed by atoms with E-state index in [9.17, 15) is 0 Å². The topological polar surface area (TPSA) is 28.2 Å². The van der Waals surface area contributed by atoms with Crippen molar-refractivity contribution in [2.45, 2.75) is 31.7 Å². The molecule has 3 rings (SSSR count). The van der Waals surface area contributed by atoms with Crippen LogP contribution in [0.4, 0.5) is 5.82 Å². The zero-order valence-corrected chi connectivity index (χ0v) is 12.2. The third-order valence-corrected chi connectivity index (χ3v) is 4.54. The zero-order chi connectivity index (χ0) is 12.4. The normalized spacial score (nSPS) is 21.3. The van der Waals surface area contributed by atoms with Crippen LogP contribution in [0.15, 0.2) is 22.8 Å². The van der Waals surface area contributed by atoms with E-state index in [1.54, 1.807) is 0 Å². The van der Waals surface area contributed by atoms with Gasteiger partial charge in [0.2, 0.25) is 0 Å². The summed E-state index contributed by atoms with van der Waals surface area (Å²) < 4.78 is 1.11. The SMILES string of the molecule is Brc1cccnc1N1CCC(NCC2CC2)CC1. The minimum absolute atomic E-state index is 0.712. The number of rotatable bonds is 4. The monoisotopic (exact) mass is 309 g/mol. The van der Waals surface area contributed by atoms with E-state index >= 15 is 0 Å². The van der Waals surface area contributed by atoms with Crippen molar-refractivity contribution in [3.63, 3.8) is 0 Å². The second kappa shape index (κ2) is 5.57. The van der Waals surface area contributed by atoms with Crippen LogP contribution < -0.4 is 10.2 Å². The molecule has 1 aliphatic carbocycles. The molecule has 2 aliphatic rings. The van der Waals surface area contributed by atoms with Crippen LogP contribution in [0.1, 0.15) is 25.7 Å². The fourth-order valence-corrected chi connectivity index (χ4v) is 3.07. The average Bonchev–Trinajstić information content (AvgIpc) is 3.22. The van der Waals surface area contributed by atoms with Crippen molar-refractivity contribution in [1.82, 2.24) is 10.3 Å². The fraction of sp³-hybridized carbons (Fsp3) is 0.643. The number of pyridine rings is 1. The van der Waals surface area contributed by atoms with Gasteiger partial charge in [-0.2, -0.15) is 0 Å². The van der Waals surface area contributed by atoms with Gasteiger partial charge in [-0.05, 0) is 66.2 Å². The summed E-state index contributed by atoms with van der Waals surface area (Å²) in [5, 5.41) is 3.71. The van der Waals surface area contributed by atoms with Crippen LogP contribution >= 0.6 is 15.9 Å². The number of piperidine rings is 1. The molecule has 1 saturated heterocycles. The number of nitrogens with zero attached hydrogens (tertiary/aromatic N) is 2. The van der Waals surface area contributed by atoms with Crippen molar-refractivity contribution >= 4 is 21.7 Å². The Morgan fingerprint density at radius 2 is 2.06 bits per heavy atom. The second-order valence-electron chi connectivity index (χ2n) is 5.42. The van der Waals surface area contributed by atoms with Crippen LogP contribution in [0.25, 0.3) is 0 Å². The Labute approximate surface area is 117 Å². The molecule has 1 saturated carbocycles. The molecular formula is C14H20BrN3. The summed E-state index contributed by atoms with van der Waals surface area (Å²) in [6.07, 6.45) is 7.21. The first kappa shape index (κ1) is 12.4. The number of hydrogen-bond donors (Lipinski definition) is 1. The summed E-state index contributed by atoms with van der Waals surface area (Å²) in [5.41, 5.74) is 0. The van der Waals surface area contributed by atoms with Crippen molar-refractivity contribution in [2.24, 2.45) is 5.92 Å². The Bertz CT molecular complexity index is 398. The van der Waals surface area contributed by atoms with E-state index in [1.807, 2.05) is 12.3 Å². The molecule has 2 heterocycles. The van der Waals surface area contributed by atoms with Crippen LogP contribution in [0.3, 0.4) is 0 Å². The van der Waals surface area contributed by atoms with E-state index in [1.165, 1.54) is 32.2 Å². The molecule has 0 amide bonds. The third-order valence-electron chi connectivity index (χ3n) is 3.93. The van der Waals surface area contributed by atoms with Crippen molar-refractivity contribution in [3.05, 3.63) is 22.8 Å². The quantitative estimate of drug-likeness (QED) is 0.927. The smallest absolute Gasteiger partial charge is 0.142 e. The lowest BCUT2D eigenvalue weighted by molar-refractivity contribution is 0.407. The molecule has 0 unspecified atom stereocenters. The highest BCUT2D eigenvalue weighted by atomic mass is 79.9. The second-order valence-corrected chi connectivity index (χ2v) is 6.28. The van der Waals surface area contributed by atoms with Gasteiger partial charge in [-0.3, -0.25) is 0 Å². The maximum absolute atomic E-state index is 4.47. The summed E-state index contributed by atoms with van der Waals surface area (Å²) in [4.78, 5) is 6.86. The molecule has 3 nitrogen and oxygen atoms in total. The van der Waals surface area contributed by atoms with Crippen molar-refractivity contribution in [1.29, 1.82) is 0 Å². The Morgan fingerprint density at radius 3 is 2.72 bits per heavy atom. The van der Waals surface area contributed by atoms with E-state index in [2.05, 4.69) is 37.2 Å². The lowest BCUT2D eigenvalue weighted by Gasteiger charge is -2.33. The number of aromatic nitrogens is 1. The van der Waals surface area contributed by atoms with Gasteiger partial charge in [0, 0.05) is 25.3 Å². The third kappa shape index (κ3) is 3.04. The Morgan fingerprint density at radius 1 is 1.28 bits per heavy atom. The Balaban J connectivity index is 1.51. The van der Waals surface area contributed by atoms with Crippen LogP contribution in [-0.2, 0) is 0 Å². The summed E-state index contributed by atoms with van der Waals surface area (Å²) in [6, 6.07) is 4.75. The van der Waals surface area contributed by atoms with Crippen LogP contribution in [0.5, 0.6) is 0 Å². The Kier molecular flexibility index (Phi) is 3.85. The minimum atomic E-state index is 0.712. The minimum Gasteiger partial charge on any atom is -0.356 e. The first-order chi connectivity index (χ1) is 8.83. The lowest BCUT2D eigenvalue weighted by atomic mass is 10.0. The zero-order valence-electron chi connectivity index (χ0n) is 10.6. The van der Waals surface area contributed by atoms with Gasteiger partial charge in [-0.25, -0.2) is 4.98 Å². The highest BCUT2D eigenvalue weighted by Gasteiger charge is 2.25. The summed E-state index contributed by atoms with van der Waals surface area (Å²) in [5.74, 6) is 2.08. The maximum atomic E-state index is 4.47. The largest absolute Gasteiger partial charge is 0.356 e. The first-order valence-electron chi connectivity index (χ1n) is 6.92. The van der Waals surface area contributed by atoms with Crippen molar-refractivity contribution in [3.8, 4) is 0 Å². The molecule has 0 atom stereocenters. The molecule has 0 bridgehead atoms. The fourth-order valence-electron chi connectivity index (χ4n) is 2.56. The molecule has 1 aromatic rings. The molecule has 1 N–H and O–H groups in total. The van der Waals surface area contributed by atoms with E-state index in [0.29, 0.717) is 6.04 Å². The van der Waals surface area contributed by atoms with Crippen molar-refractivity contribution < 1.29 is 0 Å². The van der Waals surface area contributed by atoms with Crippen molar-refractivity contribution in [2.75, 3.05) is 24.5 Å². The van der Waals surface area contributed by atoms with Gasteiger partial charge in [-0.15, -0.1) is 0 Å². The lowest BCUT2D eigenvalue weighted by Crippen LogP contribution is -2.43. The van der Waals surface area contributed by atoms with E-state index < -0.39 is 0 Å². The van der Waals surface area contributed by atoms with Gasteiger partial charge < -0.3 is 10.2 Å². The van der Waals surface area contributed by atoms with Gasteiger partial charge in [-0.1, -0.05) is 0 Å². The predicted octanol–water partition coefficient (Wildman–Crippen LogP) is 2.81. The molecule has 1 aliphatic heterocycles. The molecule has 2 fully saturated rings. The van der Waals surface area contributed by atoms with Crippen LogP contribution in [0.2, 0.25) is 0 Å². The maximum Gasteiger partial charge on any atom is 0.142 e. The van der Waals surface area contributed by atoms with Gasteiger partial charge in [0.25, 0.3) is 0 Å². The Hall–Kier alpha value is -0.610. The van der Waals surface area contributed by atoms with Gasteiger partial charge in [0.05, 0.1) is 4.47 Å². The van der Waals surface area contributed by atoms with Gasteiger partial charge in [0.15, 0.2) is 0 Å². The summed E-state index contributed by atoms with van der Waals surface area (Å²) >= 11 is 3.59. The molecule has 4 heteroatoms. The molecule has 18 heavy (non-hydrogen) atoms. The summed E-state index contributed by atoms with van der Waals surface area (Å²) in [6.45, 7) is 3.45. The van der Waals surface area contributed by atoms with E-state index in [-0.39, 0.29) is 0 Å². The van der Waals surface area contributed by atoms with E-state index in [0.717, 1.165) is 29.3 Å². The van der Waals surface area contributed by atoms with Crippen LogP contribution in [0, 0.1) is 5.92 Å². The molecule has 98 valence electrons. The average molecular weight is 310 g/mol. The standard InChI is InChI=1S/C14H20BrN3/c15-13-2-1-7-16-14(13)18-8-5-12(6-9-18)17-10-11-3-4-11/h1-2,7,11-12,17H,3-6,8-10H2. The molecular weight excluding hydrogens is 290 g/mol. The predicted molar refractivity (Wildman–Crippen MR) is 77.9 cm³/mol.